The van der Waals surface area contributed by atoms with Crippen molar-refractivity contribution >= 4 is 11.0 Å². The Morgan fingerprint density at radius 1 is 1.12 bits per heavy atom. The van der Waals surface area contributed by atoms with E-state index in [0.29, 0.717) is 6.54 Å². The monoisotopic (exact) mass is 337 g/mol. The van der Waals surface area contributed by atoms with Crippen molar-refractivity contribution < 1.29 is 9.84 Å². The van der Waals surface area contributed by atoms with E-state index in [2.05, 4.69) is 28.1 Å². The summed E-state index contributed by atoms with van der Waals surface area (Å²) < 4.78 is 7.39. The molecule has 1 fully saturated rings. The second kappa shape index (κ2) is 6.96. The minimum Gasteiger partial charge on any atom is -0.387 e. The van der Waals surface area contributed by atoms with Crippen molar-refractivity contribution in [2.24, 2.45) is 7.05 Å². The summed E-state index contributed by atoms with van der Waals surface area (Å²) in [4.78, 5) is 6.69. The van der Waals surface area contributed by atoms with Crippen molar-refractivity contribution in [3.05, 3.63) is 54.4 Å². The van der Waals surface area contributed by atoms with Gasteiger partial charge in [0.1, 0.15) is 5.65 Å². The first-order valence-corrected chi connectivity index (χ1v) is 8.71. The van der Waals surface area contributed by atoms with Crippen LogP contribution >= 0.6 is 0 Å². The maximum Gasteiger partial charge on any atom is 0.140 e. The van der Waals surface area contributed by atoms with E-state index in [9.17, 15) is 5.11 Å². The van der Waals surface area contributed by atoms with Gasteiger partial charge in [0.05, 0.1) is 19.3 Å². The first-order chi connectivity index (χ1) is 12.2. The van der Waals surface area contributed by atoms with Gasteiger partial charge >= 0.3 is 0 Å². The zero-order valence-electron chi connectivity index (χ0n) is 14.4. The number of aliphatic hydroxyl groups excluding tert-OH is 1. The minimum atomic E-state index is -0.471. The van der Waals surface area contributed by atoms with Crippen molar-refractivity contribution in [1.29, 1.82) is 0 Å². The molecule has 25 heavy (non-hydrogen) atoms. The molecular formula is C20H23N3O2. The van der Waals surface area contributed by atoms with E-state index in [4.69, 9.17) is 4.74 Å². The summed E-state index contributed by atoms with van der Waals surface area (Å²) in [6.45, 7) is 3.93. The predicted molar refractivity (Wildman–Crippen MR) is 98.4 cm³/mol. The molecule has 2 aromatic heterocycles. The van der Waals surface area contributed by atoms with Crippen LogP contribution in [-0.2, 0) is 11.8 Å². The first kappa shape index (κ1) is 16.3. The van der Waals surface area contributed by atoms with E-state index < -0.39 is 6.10 Å². The number of hydrogen-bond donors (Lipinski definition) is 1. The molecule has 0 amide bonds. The number of rotatable bonds is 4. The van der Waals surface area contributed by atoms with Crippen molar-refractivity contribution in [2.75, 3.05) is 32.8 Å². The van der Waals surface area contributed by atoms with Gasteiger partial charge in [0, 0.05) is 44.5 Å². The Morgan fingerprint density at radius 3 is 2.64 bits per heavy atom. The van der Waals surface area contributed by atoms with Crippen LogP contribution in [0.5, 0.6) is 0 Å². The Kier molecular flexibility index (Phi) is 4.53. The van der Waals surface area contributed by atoms with Crippen molar-refractivity contribution in [2.45, 2.75) is 6.10 Å². The van der Waals surface area contributed by atoms with Crippen LogP contribution in [0.4, 0.5) is 0 Å². The zero-order chi connectivity index (χ0) is 17.2. The van der Waals surface area contributed by atoms with Gasteiger partial charge < -0.3 is 14.4 Å². The summed E-state index contributed by atoms with van der Waals surface area (Å²) in [5.74, 6) is 0. The molecule has 3 heterocycles. The Bertz CT molecular complexity index is 851. The van der Waals surface area contributed by atoms with Crippen LogP contribution in [0.3, 0.4) is 0 Å². The van der Waals surface area contributed by atoms with E-state index in [1.165, 1.54) is 5.56 Å². The summed E-state index contributed by atoms with van der Waals surface area (Å²) >= 11 is 0. The number of fused-ring (bicyclic) bond motifs is 1. The lowest BCUT2D eigenvalue weighted by Gasteiger charge is -2.28. The van der Waals surface area contributed by atoms with Crippen LogP contribution in [-0.4, -0.2) is 52.4 Å². The molecule has 0 spiro atoms. The standard InChI is InChI=1S/C20H23N3O2/c1-22-9-7-18-17(6-8-21-20(18)22)15-2-4-16(5-3-15)19(24)14-23-10-12-25-13-11-23/h2-9,19,24H,10-14H2,1H3. The number of aliphatic hydroxyl groups is 1. The quantitative estimate of drug-likeness (QED) is 0.795. The van der Waals surface area contributed by atoms with Crippen molar-refractivity contribution in [3.8, 4) is 11.1 Å². The number of β-amino-alcohol motifs (C(OH)–C–C–N with tert-alkyl or cyclic N) is 1. The first-order valence-electron chi connectivity index (χ1n) is 8.71. The van der Waals surface area contributed by atoms with Crippen molar-refractivity contribution in [3.63, 3.8) is 0 Å². The van der Waals surface area contributed by atoms with Crippen LogP contribution in [0.15, 0.2) is 48.8 Å². The molecule has 1 atom stereocenters. The number of pyridine rings is 1. The highest BCUT2D eigenvalue weighted by Crippen LogP contribution is 2.29. The number of hydrogen-bond acceptors (Lipinski definition) is 4. The molecule has 1 aliphatic heterocycles. The SMILES string of the molecule is Cn1ccc2c(-c3ccc(C(O)CN4CCOCC4)cc3)ccnc21. The van der Waals surface area contributed by atoms with Gasteiger partial charge in [-0.15, -0.1) is 0 Å². The fourth-order valence-electron chi connectivity index (χ4n) is 3.43. The summed E-state index contributed by atoms with van der Waals surface area (Å²) in [6.07, 6.45) is 3.40. The lowest BCUT2D eigenvalue weighted by Crippen LogP contribution is -2.38. The predicted octanol–water partition coefficient (Wildman–Crippen LogP) is 2.61. The highest BCUT2D eigenvalue weighted by molar-refractivity contribution is 5.93. The molecule has 3 aromatic rings. The molecule has 1 unspecified atom stereocenters. The second-order valence-corrected chi connectivity index (χ2v) is 6.57. The van der Waals surface area contributed by atoms with Gasteiger partial charge in [-0.1, -0.05) is 24.3 Å². The Hall–Kier alpha value is -2.21. The van der Waals surface area contributed by atoms with Gasteiger partial charge in [0.15, 0.2) is 0 Å². The molecular weight excluding hydrogens is 314 g/mol. The lowest BCUT2D eigenvalue weighted by atomic mass is 10.0. The van der Waals surface area contributed by atoms with Gasteiger partial charge in [-0.05, 0) is 28.8 Å². The molecule has 0 bridgehead atoms. The van der Waals surface area contributed by atoms with Gasteiger partial charge in [-0.25, -0.2) is 4.98 Å². The topological polar surface area (TPSA) is 50.5 Å². The minimum absolute atomic E-state index is 0.471. The van der Waals surface area contributed by atoms with Crippen LogP contribution in [0.25, 0.3) is 22.2 Å². The van der Waals surface area contributed by atoms with E-state index in [-0.39, 0.29) is 0 Å². The molecule has 130 valence electrons. The molecule has 5 nitrogen and oxygen atoms in total. The molecule has 5 heteroatoms. The molecule has 1 N–H and O–H groups in total. The molecule has 1 saturated heterocycles. The molecule has 0 saturated carbocycles. The smallest absolute Gasteiger partial charge is 0.140 e. The molecule has 1 aromatic carbocycles. The number of ether oxygens (including phenoxy) is 1. The zero-order valence-corrected chi connectivity index (χ0v) is 14.4. The molecule has 0 radical (unpaired) electrons. The van der Waals surface area contributed by atoms with E-state index in [1.807, 2.05) is 42.2 Å². The van der Waals surface area contributed by atoms with Crippen LogP contribution in [0, 0.1) is 0 Å². The highest BCUT2D eigenvalue weighted by atomic mass is 16.5. The normalized spacial score (nSPS) is 17.0. The maximum absolute atomic E-state index is 10.5. The largest absolute Gasteiger partial charge is 0.387 e. The second-order valence-electron chi connectivity index (χ2n) is 6.57. The average molecular weight is 337 g/mol. The van der Waals surface area contributed by atoms with Crippen molar-refractivity contribution in [1.82, 2.24) is 14.5 Å². The van der Waals surface area contributed by atoms with E-state index in [1.54, 1.807) is 0 Å². The van der Waals surface area contributed by atoms with Gasteiger partial charge in [-0.2, -0.15) is 0 Å². The number of morpholine rings is 1. The summed E-state index contributed by atoms with van der Waals surface area (Å²) in [6, 6.07) is 12.4. The van der Waals surface area contributed by atoms with E-state index >= 15 is 0 Å². The summed E-state index contributed by atoms with van der Waals surface area (Å²) in [5.41, 5.74) is 4.24. The van der Waals surface area contributed by atoms with Gasteiger partial charge in [0.25, 0.3) is 0 Å². The molecule has 1 aliphatic rings. The third-order valence-electron chi connectivity index (χ3n) is 4.91. The fraction of sp³-hybridized carbons (Fsp3) is 0.350. The van der Waals surface area contributed by atoms with Crippen LogP contribution in [0.2, 0.25) is 0 Å². The van der Waals surface area contributed by atoms with Crippen LogP contribution < -0.4 is 0 Å². The van der Waals surface area contributed by atoms with Gasteiger partial charge in [0.2, 0.25) is 0 Å². The Labute approximate surface area is 147 Å². The number of nitrogens with zero attached hydrogens (tertiary/aromatic N) is 3. The number of benzene rings is 1. The van der Waals surface area contributed by atoms with Gasteiger partial charge in [-0.3, -0.25) is 4.90 Å². The molecule has 4 rings (SSSR count). The Morgan fingerprint density at radius 2 is 1.88 bits per heavy atom. The lowest BCUT2D eigenvalue weighted by molar-refractivity contribution is 0.0143. The number of aryl methyl sites for hydroxylation is 1. The fourth-order valence-corrected chi connectivity index (χ4v) is 3.43. The summed E-state index contributed by atoms with van der Waals surface area (Å²) in [7, 11) is 2.00. The third-order valence-corrected chi connectivity index (χ3v) is 4.91. The average Bonchev–Trinajstić information content (AvgIpc) is 3.04. The van der Waals surface area contributed by atoms with Crippen LogP contribution in [0.1, 0.15) is 11.7 Å². The highest BCUT2D eigenvalue weighted by Gasteiger charge is 2.16. The maximum atomic E-state index is 10.5. The Balaban J connectivity index is 1.55. The molecule has 0 aliphatic carbocycles. The number of aromatic nitrogens is 2. The van der Waals surface area contributed by atoms with E-state index in [0.717, 1.165) is 48.5 Å². The third kappa shape index (κ3) is 3.31. The summed E-state index contributed by atoms with van der Waals surface area (Å²) in [5, 5.41) is 11.7.